The van der Waals surface area contributed by atoms with Gasteiger partial charge in [0.2, 0.25) is 0 Å². The van der Waals surface area contributed by atoms with Crippen molar-refractivity contribution in [3.8, 4) is 5.75 Å². The van der Waals surface area contributed by atoms with Gasteiger partial charge in [0.15, 0.2) is 5.75 Å². The number of nitrogens with one attached hydrogen (secondary N) is 1. The Hall–Kier alpha value is -2.32. The first-order chi connectivity index (χ1) is 7.71. The molecule has 0 saturated heterocycles. The Morgan fingerprint density at radius 3 is 2.47 bits per heavy atom. The molecule has 0 radical (unpaired) electrons. The van der Waals surface area contributed by atoms with Gasteiger partial charge in [0, 0.05) is 11.8 Å². The minimum Gasteiger partial charge on any atom is -0.502 e. The maximum Gasteiger partial charge on any atom is 0.471 e. The maximum atomic E-state index is 11.9. The lowest BCUT2D eigenvalue weighted by molar-refractivity contribution is -0.385. The number of phenols is 1. The third-order valence-corrected chi connectivity index (χ3v) is 1.69. The number of hydrogen-bond acceptors (Lipinski definition) is 4. The maximum absolute atomic E-state index is 11.9. The highest BCUT2D eigenvalue weighted by atomic mass is 19.4. The smallest absolute Gasteiger partial charge is 0.471 e. The molecule has 9 heteroatoms. The van der Waals surface area contributed by atoms with E-state index < -0.39 is 34.1 Å². The number of nitro benzene ring substituents is 1. The number of alkyl halides is 3. The van der Waals surface area contributed by atoms with Crippen molar-refractivity contribution in [2.45, 2.75) is 6.18 Å². The van der Waals surface area contributed by atoms with E-state index in [0.29, 0.717) is 6.07 Å². The van der Waals surface area contributed by atoms with Crippen LogP contribution in [0.2, 0.25) is 0 Å². The summed E-state index contributed by atoms with van der Waals surface area (Å²) in [6.07, 6.45) is -5.09. The Morgan fingerprint density at radius 2 is 2.00 bits per heavy atom. The molecule has 0 aliphatic carbocycles. The fraction of sp³-hybridized carbons (Fsp3) is 0.125. The van der Waals surface area contributed by atoms with Crippen molar-refractivity contribution >= 4 is 17.3 Å². The first-order valence-corrected chi connectivity index (χ1v) is 4.07. The molecule has 2 N–H and O–H groups in total. The van der Waals surface area contributed by atoms with E-state index >= 15 is 0 Å². The van der Waals surface area contributed by atoms with Crippen LogP contribution >= 0.6 is 0 Å². The van der Waals surface area contributed by atoms with Crippen LogP contribution in [0.25, 0.3) is 0 Å². The quantitative estimate of drug-likeness (QED) is 0.475. The van der Waals surface area contributed by atoms with E-state index in [2.05, 4.69) is 0 Å². The molecule has 0 aliphatic rings. The molecule has 0 fully saturated rings. The zero-order valence-electron chi connectivity index (χ0n) is 7.99. The molecule has 92 valence electrons. The van der Waals surface area contributed by atoms with E-state index in [-0.39, 0.29) is 0 Å². The molecule has 6 nitrogen and oxygen atoms in total. The van der Waals surface area contributed by atoms with Crippen LogP contribution in [0, 0.1) is 10.1 Å². The Balaban J connectivity index is 2.98. The lowest BCUT2D eigenvalue weighted by atomic mass is 10.2. The van der Waals surface area contributed by atoms with E-state index in [1.807, 2.05) is 0 Å². The molecule has 0 heterocycles. The van der Waals surface area contributed by atoms with Crippen LogP contribution in [0.5, 0.6) is 5.75 Å². The normalized spacial score (nSPS) is 11.0. The van der Waals surface area contributed by atoms with Gasteiger partial charge in [-0.2, -0.15) is 13.2 Å². The third kappa shape index (κ3) is 3.06. The number of rotatable bonds is 2. The summed E-state index contributed by atoms with van der Waals surface area (Å²) in [7, 11) is 0. The predicted octanol–water partition coefficient (Wildman–Crippen LogP) is 1.80. The second-order valence-electron chi connectivity index (χ2n) is 2.91. The van der Waals surface area contributed by atoms with Gasteiger partial charge in [-0.15, -0.1) is 0 Å². The Kier molecular flexibility index (Phi) is 3.21. The van der Waals surface area contributed by atoms with Crippen molar-refractivity contribution in [3.05, 3.63) is 28.3 Å². The Morgan fingerprint density at radius 1 is 1.41 bits per heavy atom. The summed E-state index contributed by atoms with van der Waals surface area (Å²) in [5.74, 6) is -2.96. The van der Waals surface area contributed by atoms with Crippen LogP contribution < -0.4 is 5.32 Å². The number of nitrogens with zero attached hydrogens (tertiary/aromatic N) is 1. The summed E-state index contributed by atoms with van der Waals surface area (Å²) in [5, 5.41) is 20.8. The van der Waals surface area contributed by atoms with Crippen molar-refractivity contribution in [1.82, 2.24) is 0 Å². The van der Waals surface area contributed by atoms with Crippen LogP contribution in [-0.2, 0) is 4.79 Å². The van der Waals surface area contributed by atoms with E-state index in [4.69, 9.17) is 5.11 Å². The molecule has 0 aromatic heterocycles. The SMILES string of the molecule is O=C(Nc1ccc(O)c([N+](=O)[O-])c1)C(F)(F)F. The zero-order chi connectivity index (χ0) is 13.2. The first kappa shape index (κ1) is 12.7. The van der Waals surface area contributed by atoms with Gasteiger partial charge < -0.3 is 10.4 Å². The number of aromatic hydroxyl groups is 1. The van der Waals surface area contributed by atoms with E-state index in [9.17, 15) is 28.1 Å². The number of nitro groups is 1. The number of carbonyl (C=O) groups is 1. The van der Waals surface area contributed by atoms with Crippen LogP contribution in [0.3, 0.4) is 0 Å². The molecule has 1 rings (SSSR count). The average Bonchev–Trinajstić information content (AvgIpc) is 2.19. The Labute approximate surface area is 91.8 Å². The number of anilines is 1. The molecular formula is C8H5F3N2O4. The second-order valence-corrected chi connectivity index (χ2v) is 2.91. The fourth-order valence-electron chi connectivity index (χ4n) is 0.949. The summed E-state index contributed by atoms with van der Waals surface area (Å²) < 4.78 is 35.6. The van der Waals surface area contributed by atoms with Crippen molar-refractivity contribution in [3.63, 3.8) is 0 Å². The number of amides is 1. The number of hydrogen-bond donors (Lipinski definition) is 2. The van der Waals surface area contributed by atoms with E-state index in [1.54, 1.807) is 0 Å². The third-order valence-electron chi connectivity index (χ3n) is 1.69. The van der Waals surface area contributed by atoms with E-state index in [1.165, 1.54) is 5.32 Å². The lowest BCUT2D eigenvalue weighted by Gasteiger charge is -2.07. The van der Waals surface area contributed by atoms with Gasteiger partial charge in [-0.25, -0.2) is 0 Å². The average molecular weight is 250 g/mol. The Bertz CT molecular complexity index is 472. The summed E-state index contributed by atoms with van der Waals surface area (Å²) in [6, 6.07) is 2.34. The fourth-order valence-corrected chi connectivity index (χ4v) is 0.949. The van der Waals surface area contributed by atoms with Gasteiger partial charge in [0.05, 0.1) is 4.92 Å². The standard InChI is InChI=1S/C8H5F3N2O4/c9-8(10,11)7(15)12-4-1-2-6(14)5(3-4)13(16)17/h1-3,14H,(H,12,15). The van der Waals surface area contributed by atoms with Crippen LogP contribution in [0.15, 0.2) is 18.2 Å². The molecular weight excluding hydrogens is 245 g/mol. The number of carbonyl (C=O) groups excluding carboxylic acids is 1. The largest absolute Gasteiger partial charge is 0.502 e. The van der Waals surface area contributed by atoms with E-state index in [0.717, 1.165) is 12.1 Å². The monoisotopic (exact) mass is 250 g/mol. The van der Waals surface area contributed by atoms with Gasteiger partial charge in [-0.3, -0.25) is 14.9 Å². The number of phenolic OH excluding ortho intramolecular Hbond substituents is 1. The molecule has 0 aliphatic heterocycles. The van der Waals surface area contributed by atoms with Crippen LogP contribution in [0.1, 0.15) is 0 Å². The zero-order valence-corrected chi connectivity index (χ0v) is 7.99. The lowest BCUT2D eigenvalue weighted by Crippen LogP contribution is -2.29. The summed E-state index contributed by atoms with van der Waals surface area (Å²) in [6.45, 7) is 0. The minimum absolute atomic E-state index is 0.433. The number of benzene rings is 1. The second kappa shape index (κ2) is 4.28. The topological polar surface area (TPSA) is 92.5 Å². The molecule has 1 aromatic rings. The number of halogens is 3. The van der Waals surface area contributed by atoms with Gasteiger partial charge in [0.1, 0.15) is 0 Å². The molecule has 1 aromatic carbocycles. The highest BCUT2D eigenvalue weighted by Crippen LogP contribution is 2.29. The molecule has 17 heavy (non-hydrogen) atoms. The highest BCUT2D eigenvalue weighted by molar-refractivity contribution is 5.95. The predicted molar refractivity (Wildman–Crippen MR) is 49.4 cm³/mol. The highest BCUT2D eigenvalue weighted by Gasteiger charge is 2.38. The van der Waals surface area contributed by atoms with Gasteiger partial charge >= 0.3 is 17.8 Å². The molecule has 0 unspecified atom stereocenters. The molecule has 0 bridgehead atoms. The summed E-state index contributed by atoms with van der Waals surface area (Å²) in [5.41, 5.74) is -1.23. The van der Waals surface area contributed by atoms with Gasteiger partial charge in [0.25, 0.3) is 0 Å². The molecule has 0 spiro atoms. The van der Waals surface area contributed by atoms with Gasteiger partial charge in [-0.05, 0) is 12.1 Å². The molecule has 0 saturated carbocycles. The summed E-state index contributed by atoms with van der Waals surface area (Å²) >= 11 is 0. The van der Waals surface area contributed by atoms with Crippen LogP contribution in [-0.4, -0.2) is 22.1 Å². The first-order valence-electron chi connectivity index (χ1n) is 4.07. The summed E-state index contributed by atoms with van der Waals surface area (Å²) in [4.78, 5) is 19.9. The van der Waals surface area contributed by atoms with Crippen molar-refractivity contribution in [1.29, 1.82) is 0 Å². The minimum atomic E-state index is -5.09. The molecule has 0 atom stereocenters. The van der Waals surface area contributed by atoms with Crippen molar-refractivity contribution in [2.24, 2.45) is 0 Å². The van der Waals surface area contributed by atoms with Crippen LogP contribution in [0.4, 0.5) is 24.5 Å². The van der Waals surface area contributed by atoms with Crippen molar-refractivity contribution < 1.29 is 28.0 Å². The van der Waals surface area contributed by atoms with Gasteiger partial charge in [-0.1, -0.05) is 0 Å². The van der Waals surface area contributed by atoms with Crippen molar-refractivity contribution in [2.75, 3.05) is 5.32 Å². The molecule has 1 amide bonds.